The summed E-state index contributed by atoms with van der Waals surface area (Å²) in [6.45, 7) is 1.88. The number of amides is 1. The maximum atomic E-state index is 13.4. The minimum atomic E-state index is -1.05. The average molecular weight is 387 g/mol. The van der Waals surface area contributed by atoms with Crippen molar-refractivity contribution >= 4 is 23.4 Å². The van der Waals surface area contributed by atoms with Crippen molar-refractivity contribution in [3.8, 4) is 5.69 Å². The molecule has 3 rings (SSSR count). The van der Waals surface area contributed by atoms with Crippen LogP contribution >= 0.6 is 11.8 Å². The average Bonchev–Trinajstić information content (AvgIpc) is 2.65. The molecule has 1 N–H and O–H groups in total. The number of aryl methyl sites for hydroxylation is 1. The number of nitrogens with zero attached hydrogens (tertiary/aromatic N) is 2. The predicted molar refractivity (Wildman–Crippen MR) is 100 cm³/mol. The Morgan fingerprint density at radius 3 is 2.70 bits per heavy atom. The predicted octanol–water partition coefficient (Wildman–Crippen LogP) is 3.55. The highest BCUT2D eigenvalue weighted by Gasteiger charge is 2.12. The van der Waals surface area contributed by atoms with Gasteiger partial charge < -0.3 is 5.32 Å². The molecular weight excluding hydrogens is 372 g/mol. The normalized spacial score (nSPS) is 10.6. The SMILES string of the molecule is Cc1ccccc1NC(=O)CSc1nccn(-c2ccc(F)c(F)c2)c1=O. The molecule has 0 bridgehead atoms. The minimum absolute atomic E-state index is 0.0155. The van der Waals surface area contributed by atoms with Crippen LogP contribution in [0.5, 0.6) is 0 Å². The largest absolute Gasteiger partial charge is 0.325 e. The zero-order valence-corrected chi connectivity index (χ0v) is 15.1. The maximum absolute atomic E-state index is 13.4. The topological polar surface area (TPSA) is 64.0 Å². The van der Waals surface area contributed by atoms with Gasteiger partial charge in [-0.15, -0.1) is 0 Å². The fraction of sp³-hybridized carbons (Fsp3) is 0.105. The first-order chi connectivity index (χ1) is 13.0. The first kappa shape index (κ1) is 18.8. The molecule has 0 spiro atoms. The monoisotopic (exact) mass is 387 g/mol. The Hall–Kier alpha value is -3.00. The van der Waals surface area contributed by atoms with Crippen LogP contribution in [0.25, 0.3) is 5.69 Å². The van der Waals surface area contributed by atoms with Gasteiger partial charge in [-0.3, -0.25) is 14.2 Å². The second-order valence-electron chi connectivity index (χ2n) is 5.66. The first-order valence-electron chi connectivity index (χ1n) is 7.97. The molecule has 0 aliphatic carbocycles. The fourth-order valence-corrected chi connectivity index (χ4v) is 3.06. The Morgan fingerprint density at radius 2 is 1.96 bits per heavy atom. The van der Waals surface area contributed by atoms with E-state index in [1.165, 1.54) is 18.5 Å². The molecule has 1 heterocycles. The van der Waals surface area contributed by atoms with Gasteiger partial charge in [-0.2, -0.15) is 0 Å². The smallest absolute Gasteiger partial charge is 0.287 e. The Bertz CT molecular complexity index is 1050. The first-order valence-corrected chi connectivity index (χ1v) is 8.95. The van der Waals surface area contributed by atoms with Gasteiger partial charge in [0.2, 0.25) is 5.91 Å². The van der Waals surface area contributed by atoms with Gasteiger partial charge >= 0.3 is 0 Å². The molecule has 1 aromatic heterocycles. The third kappa shape index (κ3) is 4.40. The van der Waals surface area contributed by atoms with Crippen molar-refractivity contribution in [2.75, 3.05) is 11.1 Å². The summed E-state index contributed by atoms with van der Waals surface area (Å²) in [6.07, 6.45) is 2.72. The van der Waals surface area contributed by atoms with Gasteiger partial charge in [0.15, 0.2) is 16.7 Å². The molecule has 2 aromatic carbocycles. The quantitative estimate of drug-likeness (QED) is 0.680. The van der Waals surface area contributed by atoms with Crippen LogP contribution in [-0.2, 0) is 4.79 Å². The van der Waals surface area contributed by atoms with Gasteiger partial charge in [0, 0.05) is 24.1 Å². The molecule has 138 valence electrons. The van der Waals surface area contributed by atoms with E-state index < -0.39 is 17.2 Å². The molecule has 0 aliphatic heterocycles. The number of carbonyl (C=O) groups is 1. The molecular formula is C19H15F2N3O2S. The lowest BCUT2D eigenvalue weighted by Gasteiger charge is -2.09. The van der Waals surface area contributed by atoms with Crippen LogP contribution in [-0.4, -0.2) is 21.2 Å². The van der Waals surface area contributed by atoms with Crippen LogP contribution in [0.4, 0.5) is 14.5 Å². The van der Waals surface area contributed by atoms with E-state index in [0.717, 1.165) is 34.0 Å². The summed E-state index contributed by atoms with van der Waals surface area (Å²) in [5, 5.41) is 2.86. The van der Waals surface area contributed by atoms with Crippen molar-refractivity contribution < 1.29 is 13.6 Å². The van der Waals surface area contributed by atoms with Crippen LogP contribution in [0, 0.1) is 18.6 Å². The number of carbonyl (C=O) groups excluding carboxylic acids is 1. The number of aromatic nitrogens is 2. The number of hydrogen-bond donors (Lipinski definition) is 1. The van der Waals surface area contributed by atoms with Crippen molar-refractivity contribution in [3.63, 3.8) is 0 Å². The second kappa shape index (κ2) is 8.13. The number of rotatable bonds is 5. The van der Waals surface area contributed by atoms with Gasteiger partial charge in [-0.1, -0.05) is 30.0 Å². The molecule has 1 amide bonds. The third-order valence-corrected chi connectivity index (χ3v) is 4.71. The summed E-state index contributed by atoms with van der Waals surface area (Å²) in [6, 6.07) is 10.5. The summed E-state index contributed by atoms with van der Waals surface area (Å²) in [5.74, 6) is -2.34. The van der Waals surface area contributed by atoms with Crippen molar-refractivity contribution in [3.05, 3.63) is 82.4 Å². The fourth-order valence-electron chi connectivity index (χ4n) is 2.36. The second-order valence-corrected chi connectivity index (χ2v) is 6.62. The Labute approximate surface area is 158 Å². The van der Waals surface area contributed by atoms with Crippen molar-refractivity contribution in [2.45, 2.75) is 11.9 Å². The van der Waals surface area contributed by atoms with E-state index in [-0.39, 0.29) is 22.4 Å². The van der Waals surface area contributed by atoms with Crippen molar-refractivity contribution in [1.82, 2.24) is 9.55 Å². The zero-order valence-electron chi connectivity index (χ0n) is 14.3. The molecule has 0 aliphatic rings. The zero-order chi connectivity index (χ0) is 19.4. The van der Waals surface area contributed by atoms with Crippen molar-refractivity contribution in [1.29, 1.82) is 0 Å². The molecule has 5 nitrogen and oxygen atoms in total. The van der Waals surface area contributed by atoms with Gasteiger partial charge in [0.25, 0.3) is 5.56 Å². The van der Waals surface area contributed by atoms with Crippen LogP contribution < -0.4 is 10.9 Å². The van der Waals surface area contributed by atoms with E-state index in [2.05, 4.69) is 10.3 Å². The summed E-state index contributed by atoms with van der Waals surface area (Å²) in [4.78, 5) is 28.6. The summed E-state index contributed by atoms with van der Waals surface area (Å²) < 4.78 is 27.7. The number of benzene rings is 2. The summed E-state index contributed by atoms with van der Waals surface area (Å²) in [5.41, 5.74) is 1.28. The standard InChI is InChI=1S/C19H15F2N3O2S/c1-12-4-2-3-5-16(12)23-17(25)11-27-18-19(26)24(9-8-22-18)13-6-7-14(20)15(21)10-13/h2-10H,11H2,1H3,(H,23,25). The number of para-hydroxylation sites is 1. The number of anilines is 1. The lowest BCUT2D eigenvalue weighted by Crippen LogP contribution is -2.22. The number of hydrogen-bond acceptors (Lipinski definition) is 4. The van der Waals surface area contributed by atoms with E-state index in [1.807, 2.05) is 25.1 Å². The van der Waals surface area contributed by atoms with Gasteiger partial charge in [-0.25, -0.2) is 13.8 Å². The minimum Gasteiger partial charge on any atom is -0.325 e. The van der Waals surface area contributed by atoms with Gasteiger partial charge in [-0.05, 0) is 30.7 Å². The lowest BCUT2D eigenvalue weighted by molar-refractivity contribution is -0.113. The highest BCUT2D eigenvalue weighted by atomic mass is 32.2. The van der Waals surface area contributed by atoms with E-state index in [9.17, 15) is 18.4 Å². The lowest BCUT2D eigenvalue weighted by atomic mass is 10.2. The van der Waals surface area contributed by atoms with Crippen molar-refractivity contribution in [2.24, 2.45) is 0 Å². The van der Waals surface area contributed by atoms with E-state index in [4.69, 9.17) is 0 Å². The molecule has 0 unspecified atom stereocenters. The van der Waals surface area contributed by atoms with Crippen LogP contribution in [0.15, 0.2) is 64.7 Å². The Kier molecular flexibility index (Phi) is 5.66. The molecule has 8 heteroatoms. The summed E-state index contributed by atoms with van der Waals surface area (Å²) >= 11 is 0.972. The molecule has 0 saturated carbocycles. The molecule has 0 fully saturated rings. The van der Waals surface area contributed by atoms with E-state index in [0.29, 0.717) is 5.69 Å². The third-order valence-electron chi connectivity index (χ3n) is 3.75. The number of halogens is 2. The highest BCUT2D eigenvalue weighted by molar-refractivity contribution is 7.99. The maximum Gasteiger partial charge on any atom is 0.287 e. The number of nitrogens with one attached hydrogen (secondary N) is 1. The highest BCUT2D eigenvalue weighted by Crippen LogP contribution is 2.16. The van der Waals surface area contributed by atoms with E-state index in [1.54, 1.807) is 6.07 Å². The van der Waals surface area contributed by atoms with Gasteiger partial charge in [0.05, 0.1) is 11.4 Å². The molecule has 0 radical (unpaired) electrons. The Morgan fingerprint density at radius 1 is 1.19 bits per heavy atom. The van der Waals surface area contributed by atoms with Crippen LogP contribution in [0.2, 0.25) is 0 Å². The van der Waals surface area contributed by atoms with E-state index >= 15 is 0 Å². The van der Waals surface area contributed by atoms with Crippen LogP contribution in [0.3, 0.4) is 0 Å². The Balaban J connectivity index is 1.74. The summed E-state index contributed by atoms with van der Waals surface area (Å²) in [7, 11) is 0. The van der Waals surface area contributed by atoms with Crippen LogP contribution in [0.1, 0.15) is 5.56 Å². The molecule has 27 heavy (non-hydrogen) atoms. The number of thioether (sulfide) groups is 1. The molecule has 0 atom stereocenters. The molecule has 3 aromatic rings. The molecule has 0 saturated heterocycles. The van der Waals surface area contributed by atoms with Gasteiger partial charge in [0.1, 0.15) is 0 Å².